The number of nitrogens with zero attached hydrogens (tertiary/aromatic N) is 2. The Morgan fingerprint density at radius 2 is 1.87 bits per heavy atom. The van der Waals surface area contributed by atoms with Gasteiger partial charge in [-0.05, 0) is 24.3 Å². The lowest BCUT2D eigenvalue weighted by molar-refractivity contribution is 0.0468. The minimum absolute atomic E-state index is 0.127. The number of hydrogen-bond acceptors (Lipinski definition) is 5. The Balaban J connectivity index is 1.63. The van der Waals surface area contributed by atoms with E-state index in [0.717, 1.165) is 16.3 Å². The Bertz CT molecular complexity index is 849. The van der Waals surface area contributed by atoms with E-state index < -0.39 is 5.97 Å². The number of carbonyl (C=O) groups excluding carboxylic acids is 1. The number of carbonyl (C=O) groups is 1. The lowest BCUT2D eigenvalue weighted by Gasteiger charge is -2.02. The number of esters is 1. The summed E-state index contributed by atoms with van der Waals surface area (Å²) in [5, 5.41) is 11.5. The zero-order valence-electron chi connectivity index (χ0n) is 12.1. The number of ether oxygens (including phenoxy) is 1. The highest BCUT2D eigenvalue weighted by atomic mass is 32.1. The fourth-order valence-corrected chi connectivity index (χ4v) is 2.80. The molecule has 1 heterocycles. The zero-order valence-corrected chi connectivity index (χ0v) is 12.9. The van der Waals surface area contributed by atoms with Crippen molar-refractivity contribution in [2.24, 2.45) is 0 Å². The van der Waals surface area contributed by atoms with Crippen molar-refractivity contribution >= 4 is 17.3 Å². The summed E-state index contributed by atoms with van der Waals surface area (Å²) in [5.74, 6) is -0.427. The molecule has 0 aliphatic carbocycles. The smallest absolute Gasteiger partial charge is 0.338 e. The summed E-state index contributed by atoms with van der Waals surface area (Å²) in [7, 11) is 0. The van der Waals surface area contributed by atoms with Crippen LogP contribution in [0.5, 0.6) is 0 Å². The van der Waals surface area contributed by atoms with Crippen molar-refractivity contribution in [1.82, 2.24) is 4.98 Å². The topological polar surface area (TPSA) is 63.0 Å². The summed E-state index contributed by atoms with van der Waals surface area (Å²) in [6.07, 6.45) is 0. The second-order valence-electron chi connectivity index (χ2n) is 4.78. The van der Waals surface area contributed by atoms with E-state index in [0.29, 0.717) is 11.1 Å². The number of aromatic nitrogens is 1. The van der Waals surface area contributed by atoms with Gasteiger partial charge in [-0.15, -0.1) is 11.3 Å². The Labute approximate surface area is 137 Å². The lowest BCUT2D eigenvalue weighted by atomic mass is 10.1. The maximum Gasteiger partial charge on any atom is 0.338 e. The molecule has 0 saturated heterocycles. The Morgan fingerprint density at radius 3 is 2.57 bits per heavy atom. The molecule has 0 fully saturated rings. The van der Waals surface area contributed by atoms with Gasteiger partial charge in [-0.3, -0.25) is 0 Å². The Morgan fingerprint density at radius 1 is 1.13 bits per heavy atom. The summed E-state index contributed by atoms with van der Waals surface area (Å²) >= 11 is 1.52. The maximum atomic E-state index is 12.0. The van der Waals surface area contributed by atoms with Gasteiger partial charge in [0.15, 0.2) is 0 Å². The first kappa shape index (κ1) is 14.9. The van der Waals surface area contributed by atoms with Gasteiger partial charge in [0, 0.05) is 10.9 Å². The number of benzene rings is 2. The van der Waals surface area contributed by atoms with E-state index in [1.165, 1.54) is 11.3 Å². The molecule has 4 nitrogen and oxygen atoms in total. The van der Waals surface area contributed by atoms with Crippen LogP contribution in [0.1, 0.15) is 21.6 Å². The molecule has 2 aromatic carbocycles. The fourth-order valence-electron chi connectivity index (χ4n) is 1.99. The molecule has 3 aromatic rings. The molecule has 3 rings (SSSR count). The third kappa shape index (κ3) is 3.62. The van der Waals surface area contributed by atoms with Crippen molar-refractivity contribution < 1.29 is 9.53 Å². The van der Waals surface area contributed by atoms with E-state index in [-0.39, 0.29) is 6.61 Å². The van der Waals surface area contributed by atoms with Gasteiger partial charge in [-0.25, -0.2) is 9.78 Å². The van der Waals surface area contributed by atoms with Crippen LogP contribution in [0, 0.1) is 11.3 Å². The molecule has 0 unspecified atom stereocenters. The molecule has 1 aromatic heterocycles. The average molecular weight is 320 g/mol. The minimum atomic E-state index is -0.427. The molecule has 0 N–H and O–H groups in total. The van der Waals surface area contributed by atoms with Crippen LogP contribution in [-0.4, -0.2) is 11.0 Å². The third-order valence-electron chi connectivity index (χ3n) is 3.17. The Kier molecular flexibility index (Phi) is 4.46. The van der Waals surface area contributed by atoms with Gasteiger partial charge in [0.25, 0.3) is 0 Å². The molecule has 23 heavy (non-hydrogen) atoms. The fraction of sp³-hybridized carbons (Fsp3) is 0.0556. The minimum Gasteiger partial charge on any atom is -0.456 e. The highest BCUT2D eigenvalue weighted by Gasteiger charge is 2.10. The summed E-state index contributed by atoms with van der Waals surface area (Å²) in [4.78, 5) is 16.4. The second kappa shape index (κ2) is 6.86. The molecule has 5 heteroatoms. The van der Waals surface area contributed by atoms with Crippen LogP contribution in [0.2, 0.25) is 0 Å². The van der Waals surface area contributed by atoms with Crippen molar-refractivity contribution in [1.29, 1.82) is 5.26 Å². The monoisotopic (exact) mass is 320 g/mol. The van der Waals surface area contributed by atoms with Crippen LogP contribution in [0.4, 0.5) is 0 Å². The van der Waals surface area contributed by atoms with Crippen LogP contribution in [-0.2, 0) is 11.3 Å². The molecule has 0 aliphatic heterocycles. The number of thiazole rings is 1. The molecule has 0 aliphatic rings. The van der Waals surface area contributed by atoms with Crippen molar-refractivity contribution in [3.05, 3.63) is 76.8 Å². The predicted molar refractivity (Wildman–Crippen MR) is 87.8 cm³/mol. The van der Waals surface area contributed by atoms with Gasteiger partial charge in [0.1, 0.15) is 11.6 Å². The lowest BCUT2D eigenvalue weighted by Crippen LogP contribution is -2.05. The van der Waals surface area contributed by atoms with Gasteiger partial charge < -0.3 is 4.74 Å². The van der Waals surface area contributed by atoms with Crippen LogP contribution >= 0.6 is 11.3 Å². The average Bonchev–Trinajstić information content (AvgIpc) is 3.09. The van der Waals surface area contributed by atoms with Gasteiger partial charge >= 0.3 is 5.97 Å². The first-order chi connectivity index (χ1) is 11.3. The molecule has 0 radical (unpaired) electrons. The standard InChI is InChI=1S/C18H12N2O2S/c19-10-13-6-8-15(9-7-13)18(21)22-11-16-12-23-17(20-16)14-4-2-1-3-5-14/h1-9,12H,11H2. The van der Waals surface area contributed by atoms with Gasteiger partial charge in [-0.1, -0.05) is 30.3 Å². The zero-order chi connectivity index (χ0) is 16.1. The quantitative estimate of drug-likeness (QED) is 0.681. The molecule has 0 atom stereocenters. The summed E-state index contributed by atoms with van der Waals surface area (Å²) < 4.78 is 5.26. The number of nitriles is 1. The van der Waals surface area contributed by atoms with E-state index in [4.69, 9.17) is 10.00 Å². The molecule has 0 spiro atoms. The third-order valence-corrected chi connectivity index (χ3v) is 4.11. The largest absolute Gasteiger partial charge is 0.456 e. The van der Waals surface area contributed by atoms with Crippen molar-refractivity contribution in [2.75, 3.05) is 0 Å². The molecular weight excluding hydrogens is 308 g/mol. The van der Waals surface area contributed by atoms with Gasteiger partial charge in [0.2, 0.25) is 0 Å². The SMILES string of the molecule is N#Cc1ccc(C(=O)OCc2csc(-c3ccccc3)n2)cc1. The van der Waals surface area contributed by atoms with Crippen LogP contribution < -0.4 is 0 Å². The summed E-state index contributed by atoms with van der Waals surface area (Å²) in [6.45, 7) is 0.127. The van der Waals surface area contributed by atoms with Crippen molar-refractivity contribution in [3.63, 3.8) is 0 Å². The summed E-state index contributed by atoms with van der Waals surface area (Å²) in [5.41, 5.74) is 2.69. The number of hydrogen-bond donors (Lipinski definition) is 0. The molecule has 0 amide bonds. The first-order valence-corrected chi connectivity index (χ1v) is 7.81. The van der Waals surface area contributed by atoms with E-state index >= 15 is 0 Å². The highest BCUT2D eigenvalue weighted by Crippen LogP contribution is 2.23. The number of rotatable bonds is 4. The normalized spacial score (nSPS) is 10.0. The van der Waals surface area contributed by atoms with Gasteiger partial charge in [-0.2, -0.15) is 5.26 Å². The van der Waals surface area contributed by atoms with Crippen LogP contribution in [0.25, 0.3) is 10.6 Å². The molecule has 0 bridgehead atoms. The van der Waals surface area contributed by atoms with Crippen LogP contribution in [0.15, 0.2) is 60.0 Å². The van der Waals surface area contributed by atoms with Crippen LogP contribution in [0.3, 0.4) is 0 Å². The van der Waals surface area contributed by atoms with Crippen molar-refractivity contribution in [2.45, 2.75) is 6.61 Å². The molecular formula is C18H12N2O2S. The van der Waals surface area contributed by atoms with Crippen molar-refractivity contribution in [3.8, 4) is 16.6 Å². The van der Waals surface area contributed by atoms with E-state index in [9.17, 15) is 4.79 Å². The first-order valence-electron chi connectivity index (χ1n) is 6.93. The maximum absolute atomic E-state index is 12.0. The van der Waals surface area contributed by atoms with E-state index in [2.05, 4.69) is 4.98 Å². The van der Waals surface area contributed by atoms with E-state index in [1.54, 1.807) is 24.3 Å². The second-order valence-corrected chi connectivity index (χ2v) is 5.63. The highest BCUT2D eigenvalue weighted by molar-refractivity contribution is 7.13. The van der Waals surface area contributed by atoms with E-state index in [1.807, 2.05) is 41.8 Å². The molecule has 0 saturated carbocycles. The molecule has 112 valence electrons. The summed E-state index contributed by atoms with van der Waals surface area (Å²) in [6, 6.07) is 18.2. The van der Waals surface area contributed by atoms with Gasteiger partial charge in [0.05, 0.1) is 22.9 Å². The predicted octanol–water partition coefficient (Wildman–Crippen LogP) is 4.04. The Hall–Kier alpha value is -2.97.